The minimum absolute atomic E-state index is 0.684. The summed E-state index contributed by atoms with van der Waals surface area (Å²) in [7, 11) is 0. The molecule has 1 N–H and O–H groups in total. The monoisotopic (exact) mass is 292 g/mol. The number of rotatable bonds is 1. The maximum absolute atomic E-state index is 4.43. The quantitative estimate of drug-likeness (QED) is 0.754. The summed E-state index contributed by atoms with van der Waals surface area (Å²) in [6.45, 7) is 0. The maximum atomic E-state index is 4.43. The lowest BCUT2D eigenvalue weighted by atomic mass is 9.94. The third kappa shape index (κ3) is 2.25. The molecule has 0 bridgehead atoms. The number of hydrogen-bond donors (Lipinski definition) is 1. The fourth-order valence-electron chi connectivity index (χ4n) is 2.88. The van der Waals surface area contributed by atoms with Crippen LogP contribution in [-0.2, 0) is 0 Å². The first-order chi connectivity index (χ1) is 8.34. The Kier molecular flexibility index (Phi) is 3.19. The molecule has 1 aliphatic rings. The summed E-state index contributed by atoms with van der Waals surface area (Å²) < 4.78 is 1.10. The molecule has 1 aliphatic carbocycles. The third-order valence-corrected chi connectivity index (χ3v) is 4.30. The topological polar surface area (TPSA) is 28.7 Å². The highest BCUT2D eigenvalue weighted by Crippen LogP contribution is 2.34. The highest BCUT2D eigenvalue weighted by Gasteiger charge is 2.18. The predicted molar refractivity (Wildman–Crippen MR) is 74.2 cm³/mol. The third-order valence-electron chi connectivity index (χ3n) is 3.81. The van der Waals surface area contributed by atoms with Crippen molar-refractivity contribution in [1.82, 2.24) is 10.2 Å². The molecule has 0 amide bonds. The molecule has 3 rings (SSSR count). The van der Waals surface area contributed by atoms with Gasteiger partial charge in [0.2, 0.25) is 0 Å². The number of aromatic amines is 1. The summed E-state index contributed by atoms with van der Waals surface area (Å²) in [4.78, 5) is 0. The van der Waals surface area contributed by atoms with Crippen LogP contribution in [0.5, 0.6) is 0 Å². The molecular weight excluding hydrogens is 276 g/mol. The molecule has 0 aliphatic heterocycles. The average molecular weight is 293 g/mol. The molecule has 1 aromatic carbocycles. The van der Waals surface area contributed by atoms with Crippen LogP contribution in [0.15, 0.2) is 22.7 Å². The SMILES string of the molecule is Brc1ccc2c(C3CCCCCC3)[nH]nc2c1. The first kappa shape index (κ1) is 11.3. The van der Waals surface area contributed by atoms with Crippen molar-refractivity contribution in [1.29, 1.82) is 0 Å². The van der Waals surface area contributed by atoms with Gasteiger partial charge in [0.1, 0.15) is 0 Å². The molecule has 17 heavy (non-hydrogen) atoms. The first-order valence-corrected chi connectivity index (χ1v) is 7.27. The largest absolute Gasteiger partial charge is 0.281 e. The van der Waals surface area contributed by atoms with E-state index in [4.69, 9.17) is 0 Å². The standard InChI is InChI=1S/C14H17BrN2/c15-11-7-8-12-13(9-11)16-17-14(12)10-5-3-1-2-4-6-10/h7-10H,1-6H2,(H,16,17). The summed E-state index contributed by atoms with van der Waals surface area (Å²) in [5.74, 6) is 0.684. The molecule has 0 unspecified atom stereocenters. The van der Waals surface area contributed by atoms with Crippen LogP contribution in [0.25, 0.3) is 10.9 Å². The van der Waals surface area contributed by atoms with Gasteiger partial charge in [-0.1, -0.05) is 41.6 Å². The number of fused-ring (bicyclic) bond motifs is 1. The number of aromatic nitrogens is 2. The molecule has 1 heterocycles. The number of nitrogens with zero attached hydrogens (tertiary/aromatic N) is 1. The van der Waals surface area contributed by atoms with Gasteiger partial charge in [-0.3, -0.25) is 5.10 Å². The van der Waals surface area contributed by atoms with Gasteiger partial charge in [-0.2, -0.15) is 5.10 Å². The van der Waals surface area contributed by atoms with Gasteiger partial charge in [-0.25, -0.2) is 0 Å². The fraction of sp³-hybridized carbons (Fsp3) is 0.500. The zero-order valence-corrected chi connectivity index (χ0v) is 11.5. The predicted octanol–water partition coefficient (Wildman–Crippen LogP) is 4.76. The van der Waals surface area contributed by atoms with E-state index < -0.39 is 0 Å². The van der Waals surface area contributed by atoms with E-state index in [9.17, 15) is 0 Å². The highest BCUT2D eigenvalue weighted by atomic mass is 79.9. The summed E-state index contributed by atoms with van der Waals surface area (Å²) in [6, 6.07) is 6.38. The van der Waals surface area contributed by atoms with Gasteiger partial charge in [-0.15, -0.1) is 0 Å². The van der Waals surface area contributed by atoms with Gasteiger partial charge in [0, 0.05) is 21.5 Å². The Morgan fingerprint density at radius 2 is 1.88 bits per heavy atom. The number of halogens is 1. The zero-order valence-electron chi connectivity index (χ0n) is 9.88. The Morgan fingerprint density at radius 1 is 1.12 bits per heavy atom. The molecule has 2 nitrogen and oxygen atoms in total. The maximum Gasteiger partial charge on any atom is 0.0935 e. The van der Waals surface area contributed by atoms with E-state index in [0.717, 1.165) is 9.99 Å². The molecule has 0 radical (unpaired) electrons. The first-order valence-electron chi connectivity index (χ1n) is 6.48. The summed E-state index contributed by atoms with van der Waals surface area (Å²) in [6.07, 6.45) is 8.15. The van der Waals surface area contributed by atoms with Crippen molar-refractivity contribution in [2.24, 2.45) is 0 Å². The Labute approximate surface area is 110 Å². The van der Waals surface area contributed by atoms with Gasteiger partial charge >= 0.3 is 0 Å². The molecule has 0 saturated heterocycles. The highest BCUT2D eigenvalue weighted by molar-refractivity contribution is 9.10. The smallest absolute Gasteiger partial charge is 0.0935 e. The van der Waals surface area contributed by atoms with E-state index in [1.54, 1.807) is 0 Å². The van der Waals surface area contributed by atoms with Gasteiger partial charge in [0.05, 0.1) is 5.52 Å². The minimum atomic E-state index is 0.684. The van der Waals surface area contributed by atoms with Crippen molar-refractivity contribution < 1.29 is 0 Å². The van der Waals surface area contributed by atoms with Gasteiger partial charge < -0.3 is 0 Å². The van der Waals surface area contributed by atoms with Gasteiger partial charge in [0.25, 0.3) is 0 Å². The van der Waals surface area contributed by atoms with Gasteiger partial charge in [-0.05, 0) is 31.0 Å². The Morgan fingerprint density at radius 3 is 2.65 bits per heavy atom. The molecule has 2 aromatic rings. The van der Waals surface area contributed by atoms with Crippen LogP contribution in [0.3, 0.4) is 0 Å². The van der Waals surface area contributed by atoms with E-state index in [1.165, 1.54) is 49.6 Å². The van der Waals surface area contributed by atoms with Crippen molar-refractivity contribution in [3.05, 3.63) is 28.4 Å². The molecule has 0 spiro atoms. The van der Waals surface area contributed by atoms with Gasteiger partial charge in [0.15, 0.2) is 0 Å². The number of nitrogens with one attached hydrogen (secondary N) is 1. The van der Waals surface area contributed by atoms with Crippen LogP contribution in [-0.4, -0.2) is 10.2 Å². The van der Waals surface area contributed by atoms with Crippen molar-refractivity contribution in [3.8, 4) is 0 Å². The molecule has 1 aromatic heterocycles. The number of benzene rings is 1. The van der Waals surface area contributed by atoms with Crippen LogP contribution in [0, 0.1) is 0 Å². The second kappa shape index (κ2) is 4.81. The lowest BCUT2D eigenvalue weighted by Crippen LogP contribution is -1.98. The minimum Gasteiger partial charge on any atom is -0.281 e. The summed E-state index contributed by atoms with van der Waals surface area (Å²) >= 11 is 3.50. The van der Waals surface area contributed by atoms with Crippen LogP contribution in [0.1, 0.15) is 50.1 Å². The molecule has 90 valence electrons. The number of H-pyrrole nitrogens is 1. The van der Waals surface area contributed by atoms with Crippen LogP contribution in [0.2, 0.25) is 0 Å². The fourth-order valence-corrected chi connectivity index (χ4v) is 3.23. The Hall–Kier alpha value is -0.830. The molecular formula is C14H17BrN2. The van der Waals surface area contributed by atoms with E-state index >= 15 is 0 Å². The summed E-state index contributed by atoms with van der Waals surface area (Å²) in [5.41, 5.74) is 2.44. The Bertz CT molecular complexity index is 510. The van der Waals surface area contributed by atoms with E-state index in [1.807, 2.05) is 0 Å². The zero-order chi connectivity index (χ0) is 11.7. The second-order valence-corrected chi connectivity index (χ2v) is 5.90. The Balaban J connectivity index is 1.98. The lowest BCUT2D eigenvalue weighted by Gasteiger charge is -2.12. The molecule has 1 fully saturated rings. The van der Waals surface area contributed by atoms with Crippen molar-refractivity contribution in [2.75, 3.05) is 0 Å². The normalized spacial score (nSPS) is 18.4. The molecule has 1 saturated carbocycles. The van der Waals surface area contributed by atoms with Crippen LogP contribution >= 0.6 is 15.9 Å². The van der Waals surface area contributed by atoms with E-state index in [2.05, 4.69) is 44.3 Å². The average Bonchev–Trinajstić information content (AvgIpc) is 2.57. The van der Waals surface area contributed by atoms with Crippen molar-refractivity contribution in [2.45, 2.75) is 44.4 Å². The van der Waals surface area contributed by atoms with Crippen molar-refractivity contribution >= 4 is 26.8 Å². The second-order valence-electron chi connectivity index (χ2n) is 4.99. The number of hydrogen-bond acceptors (Lipinski definition) is 1. The van der Waals surface area contributed by atoms with Crippen LogP contribution in [0.4, 0.5) is 0 Å². The lowest BCUT2D eigenvalue weighted by molar-refractivity contribution is 0.579. The van der Waals surface area contributed by atoms with E-state index in [-0.39, 0.29) is 0 Å². The van der Waals surface area contributed by atoms with Crippen LogP contribution < -0.4 is 0 Å². The summed E-state index contributed by atoms with van der Waals surface area (Å²) in [5, 5.41) is 9.00. The molecule has 0 atom stereocenters. The van der Waals surface area contributed by atoms with E-state index in [0.29, 0.717) is 5.92 Å². The molecule has 3 heteroatoms. The van der Waals surface area contributed by atoms with Crippen molar-refractivity contribution in [3.63, 3.8) is 0 Å².